The average Bonchev–Trinajstić information content (AvgIpc) is 2.15. The molecule has 0 saturated carbocycles. The van der Waals surface area contributed by atoms with Crippen LogP contribution in [0.4, 0.5) is 0 Å². The van der Waals surface area contributed by atoms with E-state index in [1.807, 2.05) is 0 Å². The van der Waals surface area contributed by atoms with Crippen LogP contribution >= 0.6 is 12.2 Å². The fourth-order valence-corrected chi connectivity index (χ4v) is 1.25. The van der Waals surface area contributed by atoms with Crippen LogP contribution in [0.1, 0.15) is 17.5 Å². The second-order valence-electron chi connectivity index (χ2n) is 3.06. The van der Waals surface area contributed by atoms with Crippen LogP contribution in [-0.2, 0) is 6.42 Å². The van der Waals surface area contributed by atoms with Gasteiger partial charge in [-0.3, -0.25) is 0 Å². The Morgan fingerprint density at radius 3 is 2.62 bits per heavy atom. The molecule has 1 nitrogen and oxygen atoms in total. The molecule has 0 aliphatic heterocycles. The molecule has 0 amide bonds. The van der Waals surface area contributed by atoms with Crippen molar-refractivity contribution in [2.45, 2.75) is 19.8 Å². The van der Waals surface area contributed by atoms with Crippen LogP contribution in [0.5, 0.6) is 0 Å². The summed E-state index contributed by atoms with van der Waals surface area (Å²) < 4.78 is 0. The second kappa shape index (κ2) is 5.63. The predicted octanol–water partition coefficient (Wildman–Crippen LogP) is 3.03. The molecule has 0 aromatic heterocycles. The molecule has 0 aliphatic carbocycles. The second-order valence-corrected chi connectivity index (χ2v) is 3.24. The van der Waals surface area contributed by atoms with Crippen LogP contribution in [0, 0.1) is 6.92 Å². The molecule has 0 heterocycles. The van der Waals surface area contributed by atoms with Crippen molar-refractivity contribution < 1.29 is 0 Å². The summed E-state index contributed by atoms with van der Waals surface area (Å²) in [6.45, 7) is 2.89. The van der Waals surface area contributed by atoms with Crippen molar-refractivity contribution in [3.63, 3.8) is 0 Å². The lowest BCUT2D eigenvalue weighted by Crippen LogP contribution is -1.87. The Morgan fingerprint density at radius 1 is 1.31 bits per heavy atom. The van der Waals surface area contributed by atoms with Crippen molar-refractivity contribution in [3.05, 3.63) is 35.4 Å². The first kappa shape index (κ1) is 10.1. The van der Waals surface area contributed by atoms with Crippen molar-refractivity contribution >= 4 is 17.4 Å². The highest BCUT2D eigenvalue weighted by Gasteiger charge is 1.91. The molecule has 1 aromatic carbocycles. The molecule has 2 heteroatoms. The molecule has 0 unspecified atom stereocenters. The highest BCUT2D eigenvalue weighted by molar-refractivity contribution is 7.78. The van der Waals surface area contributed by atoms with Gasteiger partial charge < -0.3 is 0 Å². The van der Waals surface area contributed by atoms with E-state index in [4.69, 9.17) is 0 Å². The molecule has 0 aliphatic rings. The zero-order valence-corrected chi connectivity index (χ0v) is 8.60. The summed E-state index contributed by atoms with van der Waals surface area (Å²) in [4.78, 5) is 3.87. The largest absolute Gasteiger partial charge is 0.233 e. The lowest BCUT2D eigenvalue weighted by atomic mass is 10.1. The van der Waals surface area contributed by atoms with Gasteiger partial charge in [-0.1, -0.05) is 29.8 Å². The van der Waals surface area contributed by atoms with Crippen LogP contribution in [0.25, 0.3) is 0 Å². The van der Waals surface area contributed by atoms with Gasteiger partial charge in [-0.05, 0) is 37.5 Å². The highest BCUT2D eigenvalue weighted by atomic mass is 32.1. The van der Waals surface area contributed by atoms with Gasteiger partial charge in [0, 0.05) is 6.54 Å². The monoisotopic (exact) mass is 191 g/mol. The Kier molecular flexibility index (Phi) is 4.37. The molecule has 68 valence electrons. The third kappa shape index (κ3) is 3.97. The number of hydrogen-bond donors (Lipinski definition) is 0. The number of nitrogens with zero attached hydrogens (tertiary/aromatic N) is 1. The van der Waals surface area contributed by atoms with Crippen molar-refractivity contribution in [1.82, 2.24) is 0 Å². The van der Waals surface area contributed by atoms with Crippen molar-refractivity contribution in [2.75, 3.05) is 6.54 Å². The van der Waals surface area contributed by atoms with E-state index in [0.29, 0.717) is 0 Å². The third-order valence-corrected chi connectivity index (χ3v) is 2.05. The van der Waals surface area contributed by atoms with E-state index in [9.17, 15) is 0 Å². The van der Waals surface area contributed by atoms with E-state index in [1.54, 1.807) is 0 Å². The average molecular weight is 191 g/mol. The van der Waals surface area contributed by atoms with Crippen LogP contribution < -0.4 is 0 Å². The predicted molar refractivity (Wildman–Crippen MR) is 59.4 cm³/mol. The minimum atomic E-state index is 0.789. The van der Waals surface area contributed by atoms with Gasteiger partial charge in [0.15, 0.2) is 0 Å². The number of benzene rings is 1. The molecule has 1 rings (SSSR count). The maximum atomic E-state index is 4.48. The fourth-order valence-electron chi connectivity index (χ4n) is 1.16. The molecule has 1 aromatic rings. The minimum Gasteiger partial charge on any atom is -0.233 e. The molecule has 0 fully saturated rings. The van der Waals surface area contributed by atoms with Crippen LogP contribution in [-0.4, -0.2) is 11.7 Å². The Hall–Kier alpha value is -0.980. The van der Waals surface area contributed by atoms with Crippen LogP contribution in [0.3, 0.4) is 0 Å². The third-order valence-electron chi connectivity index (χ3n) is 1.92. The zero-order chi connectivity index (χ0) is 9.52. The summed E-state index contributed by atoms with van der Waals surface area (Å²) in [5.74, 6) is 0. The number of hydrogen-bond acceptors (Lipinski definition) is 2. The zero-order valence-electron chi connectivity index (χ0n) is 7.79. The van der Waals surface area contributed by atoms with Crippen molar-refractivity contribution in [3.8, 4) is 0 Å². The standard InChI is InChI=1S/C11H13NS/c1-10-4-6-11(7-5-10)3-2-8-12-9-13/h4-7H,2-3,8H2,1H3. The summed E-state index contributed by atoms with van der Waals surface area (Å²) in [7, 11) is 0. The van der Waals surface area contributed by atoms with E-state index in [2.05, 4.69) is 53.6 Å². The Labute approximate surface area is 84.5 Å². The first-order valence-electron chi connectivity index (χ1n) is 4.42. The molecule has 0 atom stereocenters. The fraction of sp³-hybridized carbons (Fsp3) is 0.364. The summed E-state index contributed by atoms with van der Waals surface area (Å²) in [6.07, 6.45) is 2.12. The van der Waals surface area contributed by atoms with E-state index < -0.39 is 0 Å². The minimum absolute atomic E-state index is 0.789. The van der Waals surface area contributed by atoms with Gasteiger partial charge in [0.1, 0.15) is 0 Å². The molecule has 13 heavy (non-hydrogen) atoms. The normalized spacial score (nSPS) is 9.31. The Morgan fingerprint density at radius 2 is 2.00 bits per heavy atom. The summed E-state index contributed by atoms with van der Waals surface area (Å²) in [5.41, 5.74) is 2.67. The number of rotatable bonds is 4. The summed E-state index contributed by atoms with van der Waals surface area (Å²) >= 11 is 4.48. The Bertz CT molecular complexity index is 296. The van der Waals surface area contributed by atoms with Crippen LogP contribution in [0.15, 0.2) is 29.3 Å². The van der Waals surface area contributed by atoms with E-state index in [0.717, 1.165) is 19.4 Å². The topological polar surface area (TPSA) is 12.4 Å². The molecule has 0 saturated heterocycles. The van der Waals surface area contributed by atoms with E-state index >= 15 is 0 Å². The molecule has 0 N–H and O–H groups in total. The quantitative estimate of drug-likeness (QED) is 0.405. The van der Waals surface area contributed by atoms with Crippen molar-refractivity contribution in [1.29, 1.82) is 0 Å². The van der Waals surface area contributed by atoms with Gasteiger partial charge in [-0.2, -0.15) is 0 Å². The lowest BCUT2D eigenvalue weighted by molar-refractivity contribution is 0.837. The molecule has 0 radical (unpaired) electrons. The van der Waals surface area contributed by atoms with E-state index in [1.165, 1.54) is 11.1 Å². The number of aliphatic imine (C=N–C) groups is 1. The van der Waals surface area contributed by atoms with Crippen molar-refractivity contribution in [2.24, 2.45) is 4.99 Å². The Balaban J connectivity index is 2.37. The molecule has 0 spiro atoms. The molecular formula is C11H13NS. The van der Waals surface area contributed by atoms with Gasteiger partial charge in [0.2, 0.25) is 0 Å². The molecular weight excluding hydrogens is 178 g/mol. The van der Waals surface area contributed by atoms with Gasteiger partial charge >= 0.3 is 0 Å². The van der Waals surface area contributed by atoms with Gasteiger partial charge in [0.25, 0.3) is 0 Å². The van der Waals surface area contributed by atoms with Gasteiger partial charge in [-0.25, -0.2) is 4.99 Å². The molecule has 0 bridgehead atoms. The summed E-state index contributed by atoms with van der Waals surface area (Å²) in [6, 6.07) is 8.60. The van der Waals surface area contributed by atoms with E-state index in [-0.39, 0.29) is 0 Å². The van der Waals surface area contributed by atoms with Gasteiger partial charge in [-0.15, -0.1) is 0 Å². The summed E-state index contributed by atoms with van der Waals surface area (Å²) in [5, 5.41) is 2.37. The number of isothiocyanates is 1. The first-order valence-corrected chi connectivity index (χ1v) is 4.83. The van der Waals surface area contributed by atoms with Crippen LogP contribution in [0.2, 0.25) is 0 Å². The first-order chi connectivity index (χ1) is 6.33. The smallest absolute Gasteiger partial charge is 0.0584 e. The highest BCUT2D eigenvalue weighted by Crippen LogP contribution is 2.05. The lowest BCUT2D eigenvalue weighted by Gasteiger charge is -1.99. The maximum Gasteiger partial charge on any atom is 0.0584 e. The van der Waals surface area contributed by atoms with Gasteiger partial charge in [0.05, 0.1) is 5.16 Å². The SMILES string of the molecule is Cc1ccc(CCCN=C=S)cc1. The maximum absolute atomic E-state index is 4.48. The number of thiocarbonyl (C=S) groups is 1. The number of aryl methyl sites for hydroxylation is 2.